The Morgan fingerprint density at radius 2 is 1.67 bits per heavy atom. The molecule has 0 radical (unpaired) electrons. The third-order valence-corrected chi connectivity index (χ3v) is 4.22. The fraction of sp³-hybridized carbons (Fsp3) is 0.500. The molecule has 9 heteroatoms. The highest BCUT2D eigenvalue weighted by atomic mass is 16.6. The number of piperazine rings is 1. The molecular formula is C18H24N6O3. The van der Waals surface area contributed by atoms with Crippen molar-refractivity contribution in [3.8, 4) is 0 Å². The van der Waals surface area contributed by atoms with Gasteiger partial charge >= 0.3 is 6.09 Å². The van der Waals surface area contributed by atoms with E-state index in [4.69, 9.17) is 4.74 Å². The second-order valence-corrected chi connectivity index (χ2v) is 7.40. The number of carbonyl (C=O) groups is 2. The van der Waals surface area contributed by atoms with Gasteiger partial charge in [0, 0.05) is 26.2 Å². The molecule has 1 aliphatic heterocycles. The van der Waals surface area contributed by atoms with Crippen molar-refractivity contribution in [3.05, 3.63) is 42.2 Å². The Bertz CT molecular complexity index is 764. The summed E-state index contributed by atoms with van der Waals surface area (Å²) in [6, 6.07) is 8.77. The number of ether oxygens (including phenoxy) is 1. The molecule has 3 rings (SSSR count). The Balaban J connectivity index is 1.69. The molecule has 1 atom stereocenters. The van der Waals surface area contributed by atoms with Crippen molar-refractivity contribution in [2.45, 2.75) is 32.4 Å². The number of aromatic nitrogens is 4. The summed E-state index contributed by atoms with van der Waals surface area (Å²) in [4.78, 5) is 28.7. The Morgan fingerprint density at radius 1 is 1.04 bits per heavy atom. The van der Waals surface area contributed by atoms with Gasteiger partial charge in [0.2, 0.25) is 0 Å². The molecule has 2 aromatic rings. The van der Waals surface area contributed by atoms with Crippen LogP contribution in [-0.4, -0.2) is 73.8 Å². The highest BCUT2D eigenvalue weighted by molar-refractivity contribution is 5.84. The van der Waals surface area contributed by atoms with Crippen LogP contribution in [0.3, 0.4) is 0 Å². The van der Waals surface area contributed by atoms with Crippen molar-refractivity contribution >= 4 is 12.0 Å². The first-order chi connectivity index (χ1) is 12.8. The van der Waals surface area contributed by atoms with Gasteiger partial charge in [-0.3, -0.25) is 4.79 Å². The molecular weight excluding hydrogens is 348 g/mol. The molecule has 144 valence electrons. The molecule has 1 aliphatic rings. The number of rotatable bonds is 3. The third-order valence-electron chi connectivity index (χ3n) is 4.22. The smallest absolute Gasteiger partial charge is 0.410 e. The van der Waals surface area contributed by atoms with Crippen molar-refractivity contribution in [1.29, 1.82) is 0 Å². The summed E-state index contributed by atoms with van der Waals surface area (Å²) in [5.74, 6) is -0.0997. The Kier molecular flexibility index (Phi) is 5.38. The van der Waals surface area contributed by atoms with Crippen LogP contribution in [0.5, 0.6) is 0 Å². The summed E-state index contributed by atoms with van der Waals surface area (Å²) < 4.78 is 6.86. The van der Waals surface area contributed by atoms with Crippen molar-refractivity contribution in [1.82, 2.24) is 30.0 Å². The largest absolute Gasteiger partial charge is 0.444 e. The van der Waals surface area contributed by atoms with E-state index in [0.717, 1.165) is 5.56 Å². The zero-order valence-electron chi connectivity index (χ0n) is 15.8. The molecule has 27 heavy (non-hydrogen) atoms. The summed E-state index contributed by atoms with van der Waals surface area (Å²) >= 11 is 0. The Morgan fingerprint density at radius 3 is 2.22 bits per heavy atom. The van der Waals surface area contributed by atoms with Gasteiger partial charge in [0.1, 0.15) is 11.9 Å². The molecule has 2 amide bonds. The van der Waals surface area contributed by atoms with Crippen LogP contribution in [0.4, 0.5) is 4.79 Å². The van der Waals surface area contributed by atoms with Gasteiger partial charge in [0.25, 0.3) is 5.91 Å². The lowest BCUT2D eigenvalue weighted by Crippen LogP contribution is -2.53. The number of hydrogen-bond acceptors (Lipinski definition) is 6. The number of amides is 2. The van der Waals surface area contributed by atoms with Crippen LogP contribution in [0.2, 0.25) is 0 Å². The molecule has 0 aliphatic carbocycles. The fourth-order valence-corrected chi connectivity index (χ4v) is 2.94. The number of hydrogen-bond donors (Lipinski definition) is 0. The molecule has 1 saturated heterocycles. The maximum atomic E-state index is 13.2. The molecule has 0 saturated carbocycles. The summed E-state index contributed by atoms with van der Waals surface area (Å²) in [5, 5.41) is 11.2. The molecule has 9 nitrogen and oxygen atoms in total. The van der Waals surface area contributed by atoms with Crippen LogP contribution in [0.15, 0.2) is 36.7 Å². The minimum atomic E-state index is -0.630. The van der Waals surface area contributed by atoms with Crippen molar-refractivity contribution in [2.75, 3.05) is 26.2 Å². The van der Waals surface area contributed by atoms with Crippen LogP contribution < -0.4 is 0 Å². The summed E-state index contributed by atoms with van der Waals surface area (Å²) in [6.07, 6.45) is 1.08. The van der Waals surface area contributed by atoms with E-state index in [1.54, 1.807) is 9.80 Å². The zero-order valence-corrected chi connectivity index (χ0v) is 15.8. The molecule has 2 heterocycles. The monoisotopic (exact) mass is 372 g/mol. The van der Waals surface area contributed by atoms with Crippen LogP contribution in [0.1, 0.15) is 32.4 Å². The molecule has 1 unspecified atom stereocenters. The zero-order chi connectivity index (χ0) is 19.4. The first kappa shape index (κ1) is 18.8. The number of tetrazole rings is 1. The molecule has 1 aromatic heterocycles. The van der Waals surface area contributed by atoms with Gasteiger partial charge < -0.3 is 14.5 Å². The second kappa shape index (κ2) is 7.73. The van der Waals surface area contributed by atoms with Gasteiger partial charge in [-0.25, -0.2) is 9.48 Å². The van der Waals surface area contributed by atoms with Crippen molar-refractivity contribution in [2.24, 2.45) is 0 Å². The number of benzene rings is 1. The van der Waals surface area contributed by atoms with E-state index in [-0.39, 0.29) is 12.0 Å². The van der Waals surface area contributed by atoms with Gasteiger partial charge in [-0.1, -0.05) is 30.3 Å². The Labute approximate surface area is 157 Å². The normalized spacial score (nSPS) is 16.1. The lowest BCUT2D eigenvalue weighted by molar-refractivity contribution is -0.135. The van der Waals surface area contributed by atoms with E-state index < -0.39 is 11.6 Å². The lowest BCUT2D eigenvalue weighted by Gasteiger charge is -2.36. The average molecular weight is 372 g/mol. The van der Waals surface area contributed by atoms with E-state index in [1.165, 1.54) is 11.0 Å². The Hall–Kier alpha value is -2.97. The van der Waals surface area contributed by atoms with E-state index >= 15 is 0 Å². The summed E-state index contributed by atoms with van der Waals surface area (Å²) in [5.41, 5.74) is 0.270. The predicted molar refractivity (Wildman–Crippen MR) is 96.8 cm³/mol. The predicted octanol–water partition coefficient (Wildman–Crippen LogP) is 1.34. The van der Waals surface area contributed by atoms with Crippen LogP contribution >= 0.6 is 0 Å². The van der Waals surface area contributed by atoms with E-state index in [1.807, 2.05) is 51.1 Å². The lowest BCUT2D eigenvalue weighted by atomic mass is 10.1. The van der Waals surface area contributed by atoms with Gasteiger partial charge in [0.05, 0.1) is 0 Å². The van der Waals surface area contributed by atoms with Crippen LogP contribution in [-0.2, 0) is 9.53 Å². The molecule has 1 aromatic carbocycles. The van der Waals surface area contributed by atoms with Gasteiger partial charge in [-0.15, -0.1) is 5.10 Å². The number of carbonyl (C=O) groups excluding carboxylic acids is 2. The second-order valence-electron chi connectivity index (χ2n) is 7.40. The highest BCUT2D eigenvalue weighted by Crippen LogP contribution is 2.21. The molecule has 1 fully saturated rings. The first-order valence-electron chi connectivity index (χ1n) is 8.89. The van der Waals surface area contributed by atoms with Crippen LogP contribution in [0, 0.1) is 0 Å². The topological polar surface area (TPSA) is 93.5 Å². The fourth-order valence-electron chi connectivity index (χ4n) is 2.94. The maximum absolute atomic E-state index is 13.2. The minimum Gasteiger partial charge on any atom is -0.444 e. The van der Waals surface area contributed by atoms with E-state index in [0.29, 0.717) is 26.2 Å². The molecule has 0 spiro atoms. The maximum Gasteiger partial charge on any atom is 0.410 e. The molecule has 0 bridgehead atoms. The van der Waals surface area contributed by atoms with E-state index in [2.05, 4.69) is 15.5 Å². The SMILES string of the molecule is CC(C)(C)OC(=O)N1CCN(C(=O)C(c2ccccc2)n2cnnn2)CC1. The number of nitrogens with zero attached hydrogens (tertiary/aromatic N) is 6. The van der Waals surface area contributed by atoms with Gasteiger partial charge in [-0.2, -0.15) is 0 Å². The molecule has 0 N–H and O–H groups in total. The first-order valence-corrected chi connectivity index (χ1v) is 8.89. The highest BCUT2D eigenvalue weighted by Gasteiger charge is 2.32. The minimum absolute atomic E-state index is 0.0997. The summed E-state index contributed by atoms with van der Waals surface area (Å²) in [7, 11) is 0. The van der Waals surface area contributed by atoms with Crippen molar-refractivity contribution in [3.63, 3.8) is 0 Å². The standard InChI is InChI=1S/C18H24N6O3/c1-18(2,3)27-17(26)23-11-9-22(10-12-23)16(25)15(24-13-19-20-21-24)14-7-5-4-6-8-14/h4-8,13,15H,9-12H2,1-3H3. The average Bonchev–Trinajstić information content (AvgIpc) is 3.15. The quantitative estimate of drug-likeness (QED) is 0.807. The third kappa shape index (κ3) is 4.60. The van der Waals surface area contributed by atoms with Crippen LogP contribution in [0.25, 0.3) is 0 Å². The van der Waals surface area contributed by atoms with Crippen molar-refractivity contribution < 1.29 is 14.3 Å². The van der Waals surface area contributed by atoms with Gasteiger partial charge in [0.15, 0.2) is 6.04 Å². The van der Waals surface area contributed by atoms with E-state index in [9.17, 15) is 9.59 Å². The summed E-state index contributed by atoms with van der Waals surface area (Å²) in [6.45, 7) is 7.23. The van der Waals surface area contributed by atoms with Gasteiger partial charge in [-0.05, 0) is 36.8 Å².